The van der Waals surface area contributed by atoms with Gasteiger partial charge in [0.05, 0.1) is 5.56 Å². The summed E-state index contributed by atoms with van der Waals surface area (Å²) < 4.78 is 5.96. The van der Waals surface area contributed by atoms with Crippen molar-refractivity contribution in [1.29, 1.82) is 0 Å². The van der Waals surface area contributed by atoms with Gasteiger partial charge in [0.1, 0.15) is 12.4 Å². The van der Waals surface area contributed by atoms with Crippen molar-refractivity contribution in [2.24, 2.45) is 0 Å². The van der Waals surface area contributed by atoms with E-state index in [0.717, 1.165) is 31.5 Å². The molecule has 0 spiro atoms. The molecule has 0 saturated carbocycles. The number of likely N-dealkylation sites (tertiary alicyclic amines) is 1. The number of benzene rings is 2. The van der Waals surface area contributed by atoms with E-state index in [1.54, 1.807) is 0 Å². The van der Waals surface area contributed by atoms with E-state index in [1.807, 2.05) is 53.4 Å². The number of ether oxygens (including phenoxy) is 1. The van der Waals surface area contributed by atoms with Gasteiger partial charge >= 0.3 is 0 Å². The Labute approximate surface area is 159 Å². The van der Waals surface area contributed by atoms with Crippen LogP contribution in [0.3, 0.4) is 0 Å². The Morgan fingerprint density at radius 2 is 1.85 bits per heavy atom. The Bertz CT molecular complexity index is 778. The second kappa shape index (κ2) is 7.68. The first-order valence-corrected chi connectivity index (χ1v) is 9.58. The van der Waals surface area contributed by atoms with Gasteiger partial charge in [0.15, 0.2) is 0 Å². The molecule has 0 radical (unpaired) electrons. The monoisotopic (exact) mass is 370 g/mol. The zero-order valence-electron chi connectivity index (χ0n) is 14.7. The van der Waals surface area contributed by atoms with E-state index in [0.29, 0.717) is 35.0 Å². The first kappa shape index (κ1) is 17.4. The summed E-state index contributed by atoms with van der Waals surface area (Å²) in [6.07, 6.45) is 3.41. The summed E-state index contributed by atoms with van der Waals surface area (Å²) in [4.78, 5) is 15.1. The van der Waals surface area contributed by atoms with Gasteiger partial charge in [-0.2, -0.15) is 0 Å². The van der Waals surface area contributed by atoms with Crippen molar-refractivity contribution in [3.8, 4) is 5.75 Å². The van der Waals surface area contributed by atoms with E-state index in [4.69, 9.17) is 16.3 Å². The van der Waals surface area contributed by atoms with Crippen LogP contribution in [0.25, 0.3) is 0 Å². The fraction of sp³-hybridized carbons (Fsp3) is 0.381. The van der Waals surface area contributed by atoms with Gasteiger partial charge in [-0.15, -0.1) is 0 Å². The number of amides is 1. The molecule has 26 heavy (non-hydrogen) atoms. The van der Waals surface area contributed by atoms with Crippen LogP contribution in [0.15, 0.2) is 48.5 Å². The van der Waals surface area contributed by atoms with E-state index in [1.165, 1.54) is 6.42 Å². The summed E-state index contributed by atoms with van der Waals surface area (Å²) >= 11 is 5.93. The van der Waals surface area contributed by atoms with Gasteiger partial charge in [-0.1, -0.05) is 35.9 Å². The fourth-order valence-electron chi connectivity index (χ4n) is 3.81. The van der Waals surface area contributed by atoms with Gasteiger partial charge in [0.2, 0.25) is 0 Å². The molecule has 2 atom stereocenters. The van der Waals surface area contributed by atoms with Gasteiger partial charge in [0, 0.05) is 30.2 Å². The molecular weight excluding hydrogens is 348 g/mol. The van der Waals surface area contributed by atoms with Crippen LogP contribution in [0, 0.1) is 0 Å². The van der Waals surface area contributed by atoms with Gasteiger partial charge in [0.25, 0.3) is 5.91 Å². The first-order valence-electron chi connectivity index (χ1n) is 9.20. The van der Waals surface area contributed by atoms with Gasteiger partial charge in [-0.25, -0.2) is 0 Å². The van der Waals surface area contributed by atoms with Crippen molar-refractivity contribution in [2.75, 3.05) is 13.1 Å². The van der Waals surface area contributed by atoms with Crippen LogP contribution in [-0.2, 0) is 6.61 Å². The quantitative estimate of drug-likeness (QED) is 0.887. The van der Waals surface area contributed by atoms with E-state index < -0.39 is 0 Å². The summed E-state index contributed by atoms with van der Waals surface area (Å²) in [7, 11) is 0. The minimum atomic E-state index is 0.0612. The number of rotatable bonds is 4. The van der Waals surface area contributed by atoms with Crippen LogP contribution in [0.1, 0.15) is 35.2 Å². The molecule has 2 unspecified atom stereocenters. The van der Waals surface area contributed by atoms with Gasteiger partial charge in [-0.05, 0) is 49.1 Å². The molecule has 2 aromatic carbocycles. The molecule has 5 heteroatoms. The third-order valence-electron chi connectivity index (χ3n) is 5.24. The molecule has 4 nitrogen and oxygen atoms in total. The Balaban J connectivity index is 1.47. The maximum Gasteiger partial charge on any atom is 0.257 e. The van der Waals surface area contributed by atoms with Crippen LogP contribution < -0.4 is 10.1 Å². The zero-order chi connectivity index (χ0) is 17.9. The van der Waals surface area contributed by atoms with E-state index in [-0.39, 0.29) is 5.91 Å². The molecule has 2 heterocycles. The Morgan fingerprint density at radius 3 is 2.69 bits per heavy atom. The van der Waals surface area contributed by atoms with Crippen molar-refractivity contribution in [2.45, 2.75) is 38.0 Å². The molecule has 136 valence electrons. The van der Waals surface area contributed by atoms with Crippen LogP contribution in [0.4, 0.5) is 0 Å². The van der Waals surface area contributed by atoms with E-state index in [2.05, 4.69) is 5.32 Å². The molecular formula is C21H23ClN2O2. The largest absolute Gasteiger partial charge is 0.488 e. The molecule has 2 bridgehead atoms. The molecule has 1 N–H and O–H groups in total. The molecule has 4 rings (SSSR count). The number of hydrogen-bond donors (Lipinski definition) is 1. The average molecular weight is 371 g/mol. The number of halogens is 1. The highest BCUT2D eigenvalue weighted by Crippen LogP contribution is 2.25. The smallest absolute Gasteiger partial charge is 0.257 e. The predicted octanol–water partition coefficient (Wildman–Crippen LogP) is 3.89. The van der Waals surface area contributed by atoms with Crippen molar-refractivity contribution >= 4 is 17.5 Å². The molecule has 0 aliphatic carbocycles. The zero-order valence-corrected chi connectivity index (χ0v) is 15.4. The summed E-state index contributed by atoms with van der Waals surface area (Å²) in [5.41, 5.74) is 1.66. The summed E-state index contributed by atoms with van der Waals surface area (Å²) in [5, 5.41) is 4.32. The Kier molecular flexibility index (Phi) is 5.14. The normalized spacial score (nSPS) is 22.1. The van der Waals surface area contributed by atoms with Gasteiger partial charge in [-0.3, -0.25) is 4.79 Å². The fourth-order valence-corrected chi connectivity index (χ4v) is 3.93. The lowest BCUT2D eigenvalue weighted by atomic mass is 10.1. The highest BCUT2D eigenvalue weighted by Gasteiger charge is 2.32. The maximum atomic E-state index is 13.1. The summed E-state index contributed by atoms with van der Waals surface area (Å²) in [5.74, 6) is 0.695. The van der Waals surface area contributed by atoms with Gasteiger partial charge < -0.3 is 15.0 Å². The SMILES string of the molecule is O=C(c1ccccc1OCc1ccc(Cl)cc1)N1CCC2CCC(C1)N2. The number of nitrogens with zero attached hydrogens (tertiary/aromatic N) is 1. The highest BCUT2D eigenvalue weighted by atomic mass is 35.5. The van der Waals surface area contributed by atoms with Crippen molar-refractivity contribution < 1.29 is 9.53 Å². The second-order valence-electron chi connectivity index (χ2n) is 7.09. The number of nitrogens with one attached hydrogen (secondary N) is 1. The maximum absolute atomic E-state index is 13.1. The van der Waals surface area contributed by atoms with Crippen LogP contribution in [-0.4, -0.2) is 36.0 Å². The van der Waals surface area contributed by atoms with Crippen molar-refractivity contribution in [3.63, 3.8) is 0 Å². The minimum Gasteiger partial charge on any atom is -0.488 e. The number of fused-ring (bicyclic) bond motifs is 2. The van der Waals surface area contributed by atoms with Crippen LogP contribution >= 0.6 is 11.6 Å². The van der Waals surface area contributed by atoms with Crippen molar-refractivity contribution in [3.05, 3.63) is 64.7 Å². The Hall–Kier alpha value is -2.04. The number of hydrogen-bond acceptors (Lipinski definition) is 3. The lowest BCUT2D eigenvalue weighted by Gasteiger charge is -2.25. The van der Waals surface area contributed by atoms with Crippen molar-refractivity contribution in [1.82, 2.24) is 10.2 Å². The third kappa shape index (κ3) is 3.87. The molecule has 2 saturated heterocycles. The topological polar surface area (TPSA) is 41.6 Å². The predicted molar refractivity (Wildman–Crippen MR) is 103 cm³/mol. The molecule has 2 fully saturated rings. The average Bonchev–Trinajstić information content (AvgIpc) is 3.00. The summed E-state index contributed by atoms with van der Waals surface area (Å²) in [6.45, 7) is 1.99. The highest BCUT2D eigenvalue weighted by molar-refractivity contribution is 6.30. The second-order valence-corrected chi connectivity index (χ2v) is 7.53. The lowest BCUT2D eigenvalue weighted by Crippen LogP contribution is -2.39. The number of carbonyl (C=O) groups excluding carboxylic acids is 1. The molecule has 1 amide bonds. The van der Waals surface area contributed by atoms with E-state index in [9.17, 15) is 4.79 Å². The number of carbonyl (C=O) groups is 1. The molecule has 0 aromatic heterocycles. The third-order valence-corrected chi connectivity index (χ3v) is 5.49. The van der Waals surface area contributed by atoms with E-state index >= 15 is 0 Å². The molecule has 2 aliphatic rings. The Morgan fingerprint density at radius 1 is 1.08 bits per heavy atom. The molecule has 2 aliphatic heterocycles. The molecule has 2 aromatic rings. The van der Waals surface area contributed by atoms with Crippen LogP contribution in [0.5, 0.6) is 5.75 Å². The minimum absolute atomic E-state index is 0.0612. The summed E-state index contributed by atoms with van der Waals surface area (Å²) in [6, 6.07) is 16.1. The lowest BCUT2D eigenvalue weighted by molar-refractivity contribution is 0.0743. The first-order chi connectivity index (χ1) is 12.7. The standard InChI is InChI=1S/C21H23ClN2O2/c22-16-7-5-15(6-8-16)14-26-20-4-2-1-3-19(20)21(25)24-12-11-17-9-10-18(13-24)23-17/h1-8,17-18,23H,9-14H2. The number of para-hydroxylation sites is 1. The van der Waals surface area contributed by atoms with Crippen LogP contribution in [0.2, 0.25) is 5.02 Å².